The maximum Gasteiger partial charge on any atom is 0.246 e. The van der Waals surface area contributed by atoms with Crippen LogP contribution in [0.25, 0.3) is 17.0 Å². The van der Waals surface area contributed by atoms with Crippen LogP contribution < -0.4 is 0 Å². The molecule has 0 unspecified atom stereocenters. The number of para-hydroxylation sites is 1. The van der Waals surface area contributed by atoms with Gasteiger partial charge in [0.2, 0.25) is 5.91 Å². The van der Waals surface area contributed by atoms with Crippen LogP contribution in [-0.2, 0) is 17.9 Å². The average Bonchev–Trinajstić information content (AvgIpc) is 3.16. The zero-order valence-electron chi connectivity index (χ0n) is 18.5. The van der Waals surface area contributed by atoms with Gasteiger partial charge in [-0.3, -0.25) is 4.79 Å². The average molecular weight is 426 g/mol. The predicted octanol–water partition coefficient (Wildman–Crippen LogP) is 4.03. The molecule has 0 aliphatic rings. The molecule has 0 aliphatic carbocycles. The number of aryl methyl sites for hydroxylation is 1. The number of carbonyl (C=O) groups is 1. The molecule has 6 heteroatoms. The molecule has 3 aromatic rings. The summed E-state index contributed by atoms with van der Waals surface area (Å²) in [6, 6.07) is 19.6. The molecule has 1 amide bonds. The van der Waals surface area contributed by atoms with E-state index in [-0.39, 0.29) is 5.91 Å². The van der Waals surface area contributed by atoms with Gasteiger partial charge in [0.15, 0.2) is 0 Å². The van der Waals surface area contributed by atoms with Crippen LogP contribution in [0, 0.1) is 22.7 Å². The Morgan fingerprint density at radius 1 is 1.06 bits per heavy atom. The predicted molar refractivity (Wildman–Crippen MR) is 126 cm³/mol. The molecule has 0 aliphatic heterocycles. The van der Waals surface area contributed by atoms with Crippen molar-refractivity contribution in [2.75, 3.05) is 27.2 Å². The summed E-state index contributed by atoms with van der Waals surface area (Å²) in [5, 5.41) is 19.0. The second kappa shape index (κ2) is 10.9. The summed E-state index contributed by atoms with van der Waals surface area (Å²) in [7, 11) is 3.96. The summed E-state index contributed by atoms with van der Waals surface area (Å²) in [5.74, 6) is -0.0648. The van der Waals surface area contributed by atoms with Crippen molar-refractivity contribution in [3.8, 4) is 12.1 Å². The molecular weight excluding hydrogens is 398 g/mol. The Morgan fingerprint density at radius 2 is 1.81 bits per heavy atom. The van der Waals surface area contributed by atoms with Gasteiger partial charge in [-0.15, -0.1) is 0 Å². The molecule has 3 rings (SSSR count). The Bertz CT molecular complexity index is 1180. The van der Waals surface area contributed by atoms with E-state index in [1.165, 1.54) is 0 Å². The van der Waals surface area contributed by atoms with Gasteiger partial charge in [-0.25, -0.2) is 0 Å². The monoisotopic (exact) mass is 425 g/mol. The number of amides is 1. The van der Waals surface area contributed by atoms with Crippen LogP contribution in [0.15, 0.2) is 60.8 Å². The van der Waals surface area contributed by atoms with Gasteiger partial charge in [0.05, 0.1) is 24.1 Å². The summed E-state index contributed by atoms with van der Waals surface area (Å²) in [5.41, 5.74) is 3.60. The van der Waals surface area contributed by atoms with Crippen molar-refractivity contribution < 1.29 is 4.79 Å². The smallest absolute Gasteiger partial charge is 0.246 e. The molecule has 0 radical (unpaired) electrons. The molecule has 2 aromatic carbocycles. The fraction of sp³-hybridized carbons (Fsp3) is 0.269. The third-order valence-electron chi connectivity index (χ3n) is 5.27. The second-order valence-corrected chi connectivity index (χ2v) is 7.91. The van der Waals surface area contributed by atoms with Gasteiger partial charge in [0, 0.05) is 54.9 Å². The molecule has 32 heavy (non-hydrogen) atoms. The van der Waals surface area contributed by atoms with E-state index in [0.29, 0.717) is 31.6 Å². The molecule has 0 saturated carbocycles. The minimum absolute atomic E-state index is 0.0648. The lowest BCUT2D eigenvalue weighted by molar-refractivity contribution is -0.126. The van der Waals surface area contributed by atoms with E-state index in [4.69, 9.17) is 10.5 Å². The number of benzene rings is 2. The van der Waals surface area contributed by atoms with Crippen LogP contribution >= 0.6 is 0 Å². The van der Waals surface area contributed by atoms with E-state index >= 15 is 0 Å². The number of likely N-dealkylation sites (N-methyl/N-ethyl adjacent to an activating group) is 1. The molecule has 0 bridgehead atoms. The van der Waals surface area contributed by atoms with Crippen molar-refractivity contribution >= 4 is 22.9 Å². The van der Waals surface area contributed by atoms with Crippen molar-refractivity contribution in [3.63, 3.8) is 0 Å². The highest BCUT2D eigenvalue weighted by molar-refractivity contribution is 5.96. The third-order valence-corrected chi connectivity index (χ3v) is 5.27. The van der Waals surface area contributed by atoms with Crippen LogP contribution in [0.1, 0.15) is 23.1 Å². The van der Waals surface area contributed by atoms with Crippen molar-refractivity contribution in [1.29, 1.82) is 10.5 Å². The highest BCUT2D eigenvalue weighted by Crippen LogP contribution is 2.23. The van der Waals surface area contributed by atoms with Crippen molar-refractivity contribution in [3.05, 3.63) is 77.5 Å². The summed E-state index contributed by atoms with van der Waals surface area (Å²) >= 11 is 0. The SMILES string of the molecule is CN(C)CCN(Cc1ccc(C#N)cc1)C(=O)/C=C/c1cn(CCC#N)c2ccccc12. The highest BCUT2D eigenvalue weighted by Gasteiger charge is 2.13. The summed E-state index contributed by atoms with van der Waals surface area (Å²) in [6.45, 7) is 2.45. The Balaban J connectivity index is 1.81. The lowest BCUT2D eigenvalue weighted by Crippen LogP contribution is -2.35. The van der Waals surface area contributed by atoms with Crippen LogP contribution in [-0.4, -0.2) is 47.5 Å². The fourth-order valence-electron chi connectivity index (χ4n) is 3.52. The summed E-state index contributed by atoms with van der Waals surface area (Å²) in [6.07, 6.45) is 5.91. The molecule has 6 nitrogen and oxygen atoms in total. The minimum atomic E-state index is -0.0648. The number of carbonyl (C=O) groups excluding carboxylic acids is 1. The van der Waals surface area contributed by atoms with Gasteiger partial charge in [0.25, 0.3) is 0 Å². The van der Waals surface area contributed by atoms with Crippen LogP contribution in [0.3, 0.4) is 0 Å². The Morgan fingerprint density at radius 3 is 2.50 bits per heavy atom. The van der Waals surface area contributed by atoms with E-state index in [0.717, 1.165) is 28.6 Å². The number of fused-ring (bicyclic) bond motifs is 1. The maximum absolute atomic E-state index is 13.1. The first kappa shape index (κ1) is 22.8. The van der Waals surface area contributed by atoms with E-state index < -0.39 is 0 Å². The first-order valence-electron chi connectivity index (χ1n) is 10.6. The molecule has 0 spiro atoms. The first-order valence-corrected chi connectivity index (χ1v) is 10.6. The third kappa shape index (κ3) is 5.85. The summed E-state index contributed by atoms with van der Waals surface area (Å²) in [4.78, 5) is 16.9. The topological polar surface area (TPSA) is 76.1 Å². The highest BCUT2D eigenvalue weighted by atomic mass is 16.2. The van der Waals surface area contributed by atoms with Crippen LogP contribution in [0.4, 0.5) is 0 Å². The van der Waals surface area contributed by atoms with Crippen molar-refractivity contribution in [2.24, 2.45) is 0 Å². The van der Waals surface area contributed by atoms with Gasteiger partial charge in [-0.2, -0.15) is 10.5 Å². The van der Waals surface area contributed by atoms with Crippen molar-refractivity contribution in [2.45, 2.75) is 19.5 Å². The van der Waals surface area contributed by atoms with Gasteiger partial charge >= 0.3 is 0 Å². The normalized spacial score (nSPS) is 11.0. The molecule has 0 N–H and O–H groups in total. The van der Waals surface area contributed by atoms with Gasteiger partial charge in [-0.05, 0) is 43.9 Å². The number of rotatable bonds is 9. The fourth-order valence-corrected chi connectivity index (χ4v) is 3.52. The summed E-state index contributed by atoms with van der Waals surface area (Å²) < 4.78 is 2.06. The van der Waals surface area contributed by atoms with E-state index in [9.17, 15) is 4.79 Å². The number of nitrogens with zero attached hydrogens (tertiary/aromatic N) is 5. The van der Waals surface area contributed by atoms with E-state index in [1.54, 1.807) is 18.2 Å². The van der Waals surface area contributed by atoms with Gasteiger partial charge in [0.1, 0.15) is 0 Å². The Labute approximate surface area is 189 Å². The number of nitriles is 2. The molecular formula is C26H27N5O. The minimum Gasteiger partial charge on any atom is -0.346 e. The molecule has 0 atom stereocenters. The zero-order chi connectivity index (χ0) is 22.9. The quantitative estimate of drug-likeness (QED) is 0.485. The first-order chi connectivity index (χ1) is 15.5. The number of hydrogen-bond acceptors (Lipinski definition) is 4. The Kier molecular flexibility index (Phi) is 7.80. The second-order valence-electron chi connectivity index (χ2n) is 7.91. The molecule has 0 saturated heterocycles. The molecule has 162 valence electrons. The van der Waals surface area contributed by atoms with Crippen LogP contribution in [0.2, 0.25) is 0 Å². The largest absolute Gasteiger partial charge is 0.346 e. The Hall–Kier alpha value is -3.87. The van der Waals surface area contributed by atoms with Crippen molar-refractivity contribution in [1.82, 2.24) is 14.4 Å². The molecule has 1 aromatic heterocycles. The van der Waals surface area contributed by atoms with E-state index in [2.05, 4.69) is 16.7 Å². The zero-order valence-corrected chi connectivity index (χ0v) is 18.5. The molecule has 0 fully saturated rings. The van der Waals surface area contributed by atoms with Crippen LogP contribution in [0.5, 0.6) is 0 Å². The molecule has 1 heterocycles. The number of aromatic nitrogens is 1. The lowest BCUT2D eigenvalue weighted by atomic mass is 10.1. The van der Waals surface area contributed by atoms with E-state index in [1.807, 2.05) is 72.6 Å². The standard InChI is InChI=1S/C26H27N5O/c1-29(2)16-17-31(19-22-10-8-21(18-28)9-11-22)26(32)13-12-23-20-30(15-5-14-27)25-7-4-3-6-24(23)25/h3-4,6-13,20H,5,15-17,19H2,1-2H3/b13-12+. The van der Waals surface area contributed by atoms with Gasteiger partial charge < -0.3 is 14.4 Å². The lowest BCUT2D eigenvalue weighted by Gasteiger charge is -2.23. The maximum atomic E-state index is 13.1. The number of hydrogen-bond donors (Lipinski definition) is 0. The van der Waals surface area contributed by atoms with Gasteiger partial charge in [-0.1, -0.05) is 30.3 Å².